The third-order valence-electron chi connectivity index (χ3n) is 2.20. The second kappa shape index (κ2) is 5.45. The molecule has 0 radical (unpaired) electrons. The van der Waals surface area contributed by atoms with Gasteiger partial charge in [0.05, 0.1) is 10.7 Å². The predicted octanol–water partition coefficient (Wildman–Crippen LogP) is 4.13. The zero-order chi connectivity index (χ0) is 14.9. The van der Waals surface area contributed by atoms with Crippen molar-refractivity contribution in [1.29, 1.82) is 0 Å². The van der Waals surface area contributed by atoms with Gasteiger partial charge in [0, 0.05) is 10.9 Å². The van der Waals surface area contributed by atoms with E-state index in [1.807, 2.05) is 0 Å². The Labute approximate surface area is 119 Å². The Morgan fingerprint density at radius 3 is 2.55 bits per heavy atom. The summed E-state index contributed by atoms with van der Waals surface area (Å²) in [6.07, 6.45) is -4.57. The van der Waals surface area contributed by atoms with Gasteiger partial charge in [0.25, 0.3) is 0 Å². The first-order valence-corrected chi connectivity index (χ1v) is 6.42. The Balaban J connectivity index is 2.29. The number of thiazole rings is 1. The number of nitrogens with zero attached hydrogens (tertiary/aromatic N) is 1. The number of nitrogen functional groups attached to an aromatic ring is 1. The summed E-state index contributed by atoms with van der Waals surface area (Å²) < 4.78 is 54.2. The second-order valence-corrected chi connectivity index (χ2v) is 5.04. The van der Waals surface area contributed by atoms with E-state index >= 15 is 0 Å². The van der Waals surface area contributed by atoms with Crippen LogP contribution in [0.1, 0.15) is 0 Å². The van der Waals surface area contributed by atoms with Gasteiger partial charge in [0.15, 0.2) is 23.3 Å². The highest BCUT2D eigenvalue weighted by molar-refractivity contribution is 7.13. The Hall–Kier alpha value is -1.54. The van der Waals surface area contributed by atoms with Crippen molar-refractivity contribution in [2.75, 3.05) is 12.3 Å². The fourth-order valence-corrected chi connectivity index (χ4v) is 2.25. The van der Waals surface area contributed by atoms with Gasteiger partial charge in [0.1, 0.15) is 0 Å². The lowest BCUT2D eigenvalue weighted by Gasteiger charge is -2.12. The van der Waals surface area contributed by atoms with Crippen LogP contribution in [0.4, 0.5) is 22.7 Å². The van der Waals surface area contributed by atoms with E-state index in [4.69, 9.17) is 17.3 Å². The monoisotopic (exact) mass is 326 g/mol. The highest BCUT2D eigenvalue weighted by atomic mass is 35.5. The molecule has 0 fully saturated rings. The number of halogens is 5. The number of hydrogen-bond acceptors (Lipinski definition) is 4. The molecule has 0 amide bonds. The molecule has 2 aromatic rings. The average Bonchev–Trinajstić information content (AvgIpc) is 2.73. The molecule has 1 heterocycles. The number of nitrogens with two attached hydrogens (primary N) is 1. The Bertz CT molecular complexity index is 606. The molecule has 9 heteroatoms. The average molecular weight is 327 g/mol. The minimum Gasteiger partial charge on any atom is -0.479 e. The fraction of sp³-hybridized carbons (Fsp3) is 0.182. The van der Waals surface area contributed by atoms with Crippen LogP contribution in [0.3, 0.4) is 0 Å². The first-order chi connectivity index (χ1) is 9.26. The summed E-state index contributed by atoms with van der Waals surface area (Å²) >= 11 is 6.88. The van der Waals surface area contributed by atoms with Gasteiger partial charge < -0.3 is 10.5 Å². The van der Waals surface area contributed by atoms with Crippen molar-refractivity contribution in [3.63, 3.8) is 0 Å². The molecular weight excluding hydrogens is 320 g/mol. The van der Waals surface area contributed by atoms with Gasteiger partial charge in [0.2, 0.25) is 0 Å². The van der Waals surface area contributed by atoms with E-state index in [-0.39, 0.29) is 10.2 Å². The molecule has 2 N–H and O–H groups in total. The van der Waals surface area contributed by atoms with E-state index in [1.165, 1.54) is 6.07 Å². The Morgan fingerprint density at radius 2 is 2.05 bits per heavy atom. The maximum absolute atomic E-state index is 13.7. The minimum absolute atomic E-state index is 0.268. The molecule has 20 heavy (non-hydrogen) atoms. The minimum atomic E-state index is -4.57. The molecule has 0 atom stereocenters. The van der Waals surface area contributed by atoms with Gasteiger partial charge in [-0.1, -0.05) is 11.6 Å². The van der Waals surface area contributed by atoms with Gasteiger partial charge in [-0.05, 0) is 12.1 Å². The zero-order valence-corrected chi connectivity index (χ0v) is 11.2. The first kappa shape index (κ1) is 14.9. The van der Waals surface area contributed by atoms with Crippen molar-refractivity contribution < 1.29 is 22.3 Å². The van der Waals surface area contributed by atoms with Crippen LogP contribution in [0.25, 0.3) is 11.3 Å². The predicted molar refractivity (Wildman–Crippen MR) is 68.5 cm³/mol. The van der Waals surface area contributed by atoms with Gasteiger partial charge in [-0.2, -0.15) is 13.2 Å². The molecule has 0 bridgehead atoms. The van der Waals surface area contributed by atoms with Gasteiger partial charge >= 0.3 is 6.18 Å². The summed E-state index contributed by atoms with van der Waals surface area (Å²) in [6, 6.07) is 2.26. The molecule has 0 saturated carbocycles. The van der Waals surface area contributed by atoms with Gasteiger partial charge in [-0.3, -0.25) is 0 Å². The maximum atomic E-state index is 13.7. The highest BCUT2D eigenvalue weighted by Gasteiger charge is 2.29. The zero-order valence-electron chi connectivity index (χ0n) is 9.67. The number of aromatic nitrogens is 1. The number of benzene rings is 1. The number of rotatable bonds is 3. The van der Waals surface area contributed by atoms with E-state index in [0.717, 1.165) is 17.4 Å². The topological polar surface area (TPSA) is 48.1 Å². The lowest BCUT2D eigenvalue weighted by atomic mass is 10.1. The van der Waals surface area contributed by atoms with Crippen LogP contribution >= 0.6 is 22.9 Å². The van der Waals surface area contributed by atoms with E-state index in [9.17, 15) is 17.6 Å². The number of alkyl halides is 3. The Morgan fingerprint density at radius 1 is 1.35 bits per heavy atom. The molecule has 108 valence electrons. The molecule has 2 rings (SSSR count). The summed E-state index contributed by atoms with van der Waals surface area (Å²) in [6.45, 7) is -1.62. The molecule has 0 spiro atoms. The number of anilines is 1. The van der Waals surface area contributed by atoms with Gasteiger partial charge in [-0.25, -0.2) is 9.37 Å². The standard InChI is InChI=1S/C11H7ClF4N2OS/c12-6-1-5(8-3-20-10(17)18-8)2-7(13)9(6)19-4-11(14,15)16/h1-3H,4H2,(H2,17,18). The smallest absolute Gasteiger partial charge is 0.422 e. The summed E-state index contributed by atoms with van der Waals surface area (Å²) in [5.74, 6) is -1.64. The molecule has 0 saturated heterocycles. The van der Waals surface area contributed by atoms with E-state index in [0.29, 0.717) is 11.3 Å². The molecule has 3 nitrogen and oxygen atoms in total. The molecule has 1 aromatic carbocycles. The number of ether oxygens (including phenoxy) is 1. The summed E-state index contributed by atoms with van der Waals surface area (Å²) in [7, 11) is 0. The lowest BCUT2D eigenvalue weighted by molar-refractivity contribution is -0.153. The molecule has 0 unspecified atom stereocenters. The van der Waals surface area contributed by atoms with Crippen LogP contribution in [0.5, 0.6) is 5.75 Å². The normalized spacial score (nSPS) is 11.7. The van der Waals surface area contributed by atoms with Crippen LogP contribution in [0, 0.1) is 5.82 Å². The fourth-order valence-electron chi connectivity index (χ4n) is 1.42. The van der Waals surface area contributed by atoms with Crippen molar-refractivity contribution in [3.05, 3.63) is 28.4 Å². The van der Waals surface area contributed by atoms with Crippen LogP contribution in [0.15, 0.2) is 17.5 Å². The van der Waals surface area contributed by atoms with Crippen LogP contribution in [-0.2, 0) is 0 Å². The second-order valence-electron chi connectivity index (χ2n) is 3.74. The van der Waals surface area contributed by atoms with Crippen molar-refractivity contribution in [3.8, 4) is 17.0 Å². The van der Waals surface area contributed by atoms with Crippen molar-refractivity contribution >= 4 is 28.1 Å². The maximum Gasteiger partial charge on any atom is 0.422 e. The van der Waals surface area contributed by atoms with Crippen molar-refractivity contribution in [2.24, 2.45) is 0 Å². The first-order valence-electron chi connectivity index (χ1n) is 5.16. The molecule has 0 aliphatic carbocycles. The summed E-state index contributed by atoms with van der Waals surface area (Å²) in [5, 5.41) is 1.60. The number of hydrogen-bond donors (Lipinski definition) is 1. The van der Waals surface area contributed by atoms with Crippen LogP contribution < -0.4 is 10.5 Å². The summed E-state index contributed by atoms with van der Waals surface area (Å²) in [4.78, 5) is 3.93. The molecule has 1 aromatic heterocycles. The van der Waals surface area contributed by atoms with E-state index in [1.54, 1.807) is 5.38 Å². The van der Waals surface area contributed by atoms with E-state index < -0.39 is 24.3 Å². The molecule has 0 aliphatic heterocycles. The molecule has 0 aliphatic rings. The third-order valence-corrected chi connectivity index (χ3v) is 3.15. The van der Waals surface area contributed by atoms with Crippen LogP contribution in [-0.4, -0.2) is 17.8 Å². The molecular formula is C11H7ClF4N2OS. The van der Waals surface area contributed by atoms with Crippen LogP contribution in [0.2, 0.25) is 5.02 Å². The third kappa shape index (κ3) is 3.51. The quantitative estimate of drug-likeness (QED) is 0.863. The summed E-state index contributed by atoms with van der Waals surface area (Å²) in [5.41, 5.74) is 6.14. The highest BCUT2D eigenvalue weighted by Crippen LogP contribution is 2.34. The Kier molecular flexibility index (Phi) is 4.05. The van der Waals surface area contributed by atoms with Crippen molar-refractivity contribution in [1.82, 2.24) is 4.98 Å². The van der Waals surface area contributed by atoms with Crippen molar-refractivity contribution in [2.45, 2.75) is 6.18 Å². The largest absolute Gasteiger partial charge is 0.479 e. The van der Waals surface area contributed by atoms with E-state index in [2.05, 4.69) is 9.72 Å². The lowest BCUT2D eigenvalue weighted by Crippen LogP contribution is -2.19. The van der Waals surface area contributed by atoms with Gasteiger partial charge in [-0.15, -0.1) is 11.3 Å². The SMILES string of the molecule is Nc1nc(-c2cc(F)c(OCC(F)(F)F)c(Cl)c2)cs1.